The van der Waals surface area contributed by atoms with Crippen molar-refractivity contribution in [3.63, 3.8) is 0 Å². The summed E-state index contributed by atoms with van der Waals surface area (Å²) in [5.74, 6) is 0. The minimum absolute atomic E-state index is 0.110. The van der Waals surface area contributed by atoms with E-state index in [9.17, 15) is 4.79 Å². The van der Waals surface area contributed by atoms with E-state index in [1.165, 1.54) is 11.1 Å². The molecule has 0 saturated heterocycles. The van der Waals surface area contributed by atoms with Crippen LogP contribution in [0.15, 0.2) is 59.4 Å². The smallest absolute Gasteiger partial charge is 0.259 e. The third-order valence-corrected chi connectivity index (χ3v) is 3.64. The molecule has 2 heterocycles. The van der Waals surface area contributed by atoms with E-state index in [2.05, 4.69) is 18.2 Å². The summed E-state index contributed by atoms with van der Waals surface area (Å²) in [4.78, 5) is 12.5. The van der Waals surface area contributed by atoms with Gasteiger partial charge in [-0.2, -0.15) is 0 Å². The van der Waals surface area contributed by atoms with Gasteiger partial charge in [0.15, 0.2) is 0 Å². The maximum absolute atomic E-state index is 12.5. The number of rotatable bonds is 0. The Balaban J connectivity index is 2.16. The summed E-state index contributed by atoms with van der Waals surface area (Å²) in [6.07, 6.45) is 0. The Morgan fingerprint density at radius 1 is 0.944 bits per heavy atom. The zero-order valence-corrected chi connectivity index (χ0v) is 9.76. The zero-order valence-electron chi connectivity index (χ0n) is 9.76. The number of hydrogen-bond acceptors (Lipinski definition) is 1. The molecule has 3 aromatic rings. The van der Waals surface area contributed by atoms with Crippen LogP contribution in [0.1, 0.15) is 5.56 Å². The van der Waals surface area contributed by atoms with E-state index in [1.807, 2.05) is 41.0 Å². The Labute approximate surface area is 104 Å². The van der Waals surface area contributed by atoms with Gasteiger partial charge in [0.25, 0.3) is 5.56 Å². The molecule has 0 bridgehead atoms. The topological polar surface area (TPSA) is 22.0 Å². The molecule has 2 nitrogen and oxygen atoms in total. The van der Waals surface area contributed by atoms with Gasteiger partial charge in [0.1, 0.15) is 0 Å². The number of hydrogen-bond donors (Lipinski definition) is 0. The SMILES string of the molecule is O=c1c2ccccc2cc2n1Cc1ccccc1-2. The Morgan fingerprint density at radius 3 is 2.67 bits per heavy atom. The summed E-state index contributed by atoms with van der Waals surface area (Å²) in [7, 11) is 0. The van der Waals surface area contributed by atoms with Gasteiger partial charge in [-0.25, -0.2) is 0 Å². The van der Waals surface area contributed by atoms with Gasteiger partial charge in [0.2, 0.25) is 0 Å². The molecule has 1 aromatic heterocycles. The Bertz CT molecular complexity index is 830. The van der Waals surface area contributed by atoms with Crippen LogP contribution in [0, 0.1) is 0 Å². The van der Waals surface area contributed by atoms with E-state index < -0.39 is 0 Å². The van der Waals surface area contributed by atoms with Crippen molar-refractivity contribution in [2.75, 3.05) is 0 Å². The fourth-order valence-corrected chi connectivity index (χ4v) is 2.76. The summed E-state index contributed by atoms with van der Waals surface area (Å²) in [6, 6.07) is 18.1. The normalized spacial score (nSPS) is 12.4. The van der Waals surface area contributed by atoms with Crippen LogP contribution in [-0.4, -0.2) is 4.57 Å². The second-order valence-corrected chi connectivity index (χ2v) is 4.67. The van der Waals surface area contributed by atoms with Gasteiger partial charge in [-0.3, -0.25) is 4.79 Å². The minimum atomic E-state index is 0.110. The molecule has 0 saturated carbocycles. The number of fused-ring (bicyclic) bond motifs is 4. The van der Waals surface area contributed by atoms with Crippen molar-refractivity contribution in [2.24, 2.45) is 0 Å². The average Bonchev–Trinajstić information content (AvgIpc) is 2.79. The van der Waals surface area contributed by atoms with Crippen molar-refractivity contribution >= 4 is 10.8 Å². The highest BCUT2D eigenvalue weighted by molar-refractivity contribution is 5.86. The van der Waals surface area contributed by atoms with E-state index >= 15 is 0 Å². The van der Waals surface area contributed by atoms with Gasteiger partial charge >= 0.3 is 0 Å². The lowest BCUT2D eigenvalue weighted by Gasteiger charge is -2.05. The maximum Gasteiger partial charge on any atom is 0.259 e. The van der Waals surface area contributed by atoms with Crippen molar-refractivity contribution in [3.8, 4) is 11.3 Å². The van der Waals surface area contributed by atoms with Crippen LogP contribution in [0.5, 0.6) is 0 Å². The molecule has 18 heavy (non-hydrogen) atoms. The first-order chi connectivity index (χ1) is 8.84. The predicted molar refractivity (Wildman–Crippen MR) is 72.7 cm³/mol. The molecule has 0 atom stereocenters. The first-order valence-electron chi connectivity index (χ1n) is 6.05. The first kappa shape index (κ1) is 9.66. The average molecular weight is 233 g/mol. The number of pyridine rings is 1. The van der Waals surface area contributed by atoms with Crippen LogP contribution in [0.2, 0.25) is 0 Å². The summed E-state index contributed by atoms with van der Waals surface area (Å²) in [6.45, 7) is 0.690. The first-order valence-corrected chi connectivity index (χ1v) is 6.05. The highest BCUT2D eigenvalue weighted by Crippen LogP contribution is 2.31. The van der Waals surface area contributed by atoms with Crippen molar-refractivity contribution in [1.82, 2.24) is 4.57 Å². The summed E-state index contributed by atoms with van der Waals surface area (Å²) < 4.78 is 1.87. The molecule has 0 radical (unpaired) electrons. The fourth-order valence-electron chi connectivity index (χ4n) is 2.76. The zero-order chi connectivity index (χ0) is 12.1. The van der Waals surface area contributed by atoms with Crippen LogP contribution < -0.4 is 5.56 Å². The van der Waals surface area contributed by atoms with Crippen LogP contribution in [0.3, 0.4) is 0 Å². The summed E-state index contributed by atoms with van der Waals surface area (Å²) >= 11 is 0. The predicted octanol–water partition coefficient (Wildman–Crippen LogP) is 3.03. The van der Waals surface area contributed by atoms with Crippen LogP contribution in [0.4, 0.5) is 0 Å². The molecule has 2 aromatic carbocycles. The third kappa shape index (κ3) is 1.15. The molecule has 0 unspecified atom stereocenters. The highest BCUT2D eigenvalue weighted by Gasteiger charge is 2.19. The molecule has 0 spiro atoms. The van der Waals surface area contributed by atoms with Gasteiger partial charge in [-0.15, -0.1) is 0 Å². The molecule has 0 fully saturated rings. The molecule has 4 rings (SSSR count). The fraction of sp³-hybridized carbons (Fsp3) is 0.0625. The van der Waals surface area contributed by atoms with Crippen molar-refractivity contribution in [2.45, 2.75) is 6.54 Å². The molecular weight excluding hydrogens is 222 g/mol. The molecule has 0 N–H and O–H groups in total. The van der Waals surface area contributed by atoms with E-state index in [0.717, 1.165) is 16.5 Å². The molecule has 86 valence electrons. The summed E-state index contributed by atoms with van der Waals surface area (Å²) in [5.41, 5.74) is 3.55. The van der Waals surface area contributed by atoms with E-state index in [-0.39, 0.29) is 5.56 Å². The van der Waals surface area contributed by atoms with Crippen LogP contribution in [0.25, 0.3) is 22.0 Å². The third-order valence-electron chi connectivity index (χ3n) is 3.64. The number of nitrogens with zero attached hydrogens (tertiary/aromatic N) is 1. The summed E-state index contributed by atoms with van der Waals surface area (Å²) in [5, 5.41) is 1.82. The highest BCUT2D eigenvalue weighted by atomic mass is 16.1. The molecule has 0 amide bonds. The Morgan fingerprint density at radius 2 is 1.72 bits per heavy atom. The second kappa shape index (κ2) is 3.33. The van der Waals surface area contributed by atoms with Gasteiger partial charge in [-0.05, 0) is 23.1 Å². The lowest BCUT2D eigenvalue weighted by Crippen LogP contribution is -2.18. The lowest BCUT2D eigenvalue weighted by molar-refractivity contribution is 0.813. The number of benzene rings is 2. The molecular formula is C16H11NO. The quantitative estimate of drug-likeness (QED) is 0.457. The maximum atomic E-state index is 12.5. The van der Waals surface area contributed by atoms with Crippen LogP contribution in [-0.2, 0) is 6.54 Å². The second-order valence-electron chi connectivity index (χ2n) is 4.67. The van der Waals surface area contributed by atoms with Crippen molar-refractivity contribution < 1.29 is 0 Å². The standard InChI is InChI=1S/C16H11NO/c18-16-14-8-4-1-5-11(14)9-15-13-7-3-2-6-12(13)10-17(15)16/h1-9H,10H2. The van der Waals surface area contributed by atoms with E-state index in [0.29, 0.717) is 6.54 Å². The van der Waals surface area contributed by atoms with Gasteiger partial charge in [0, 0.05) is 10.9 Å². The van der Waals surface area contributed by atoms with Gasteiger partial charge in [0.05, 0.1) is 12.2 Å². The largest absolute Gasteiger partial charge is 0.303 e. The van der Waals surface area contributed by atoms with Gasteiger partial charge < -0.3 is 4.57 Å². The van der Waals surface area contributed by atoms with Gasteiger partial charge in [-0.1, -0.05) is 42.5 Å². The van der Waals surface area contributed by atoms with Crippen LogP contribution >= 0.6 is 0 Å². The molecule has 2 heteroatoms. The monoisotopic (exact) mass is 233 g/mol. The Kier molecular flexibility index (Phi) is 1.78. The number of aromatic nitrogens is 1. The molecule has 1 aliphatic rings. The van der Waals surface area contributed by atoms with Crippen molar-refractivity contribution in [3.05, 3.63) is 70.5 Å². The Hall–Kier alpha value is -2.35. The van der Waals surface area contributed by atoms with Crippen molar-refractivity contribution in [1.29, 1.82) is 0 Å². The van der Waals surface area contributed by atoms with E-state index in [1.54, 1.807) is 0 Å². The molecule has 1 aliphatic heterocycles. The minimum Gasteiger partial charge on any atom is -0.303 e. The molecule has 0 aliphatic carbocycles. The lowest BCUT2D eigenvalue weighted by atomic mass is 10.1. The van der Waals surface area contributed by atoms with E-state index in [4.69, 9.17) is 0 Å².